The lowest BCUT2D eigenvalue weighted by Gasteiger charge is -1.99. The maximum Gasteiger partial charge on any atom is -0.00773 e. The van der Waals surface area contributed by atoms with Crippen molar-refractivity contribution < 1.29 is 0 Å². The quantitative estimate of drug-likeness (QED) is 0.405. The van der Waals surface area contributed by atoms with Crippen molar-refractivity contribution in [2.24, 2.45) is 11.7 Å². The van der Waals surface area contributed by atoms with E-state index < -0.39 is 0 Å². The fourth-order valence-corrected chi connectivity index (χ4v) is 1.28. The highest BCUT2D eigenvalue weighted by atomic mass is 14.5. The Labute approximate surface area is 124 Å². The third kappa shape index (κ3) is 73.6. The average molecular weight is 272 g/mol. The molecule has 0 heterocycles. The first-order valence-electron chi connectivity index (χ1n) is 8.20. The van der Waals surface area contributed by atoms with Gasteiger partial charge in [-0.3, -0.25) is 0 Å². The van der Waals surface area contributed by atoms with Crippen LogP contribution in [0.1, 0.15) is 92.9 Å². The molecule has 1 nitrogen and oxygen atoms in total. The van der Waals surface area contributed by atoms with Crippen molar-refractivity contribution in [3.05, 3.63) is 12.2 Å². The molecule has 0 radical (unpaired) electrons. The summed E-state index contributed by atoms with van der Waals surface area (Å²) in [7, 11) is 0. The molecule has 0 unspecified atom stereocenters. The van der Waals surface area contributed by atoms with Gasteiger partial charge in [0.1, 0.15) is 0 Å². The summed E-state index contributed by atoms with van der Waals surface area (Å²) in [6.45, 7) is 17.1. The molecule has 0 bridgehead atoms. The molecule has 0 amide bonds. The largest absolute Gasteiger partial charge is 0.330 e. The van der Waals surface area contributed by atoms with Crippen molar-refractivity contribution in [2.75, 3.05) is 6.54 Å². The summed E-state index contributed by atoms with van der Waals surface area (Å²) in [5, 5.41) is 0. The van der Waals surface area contributed by atoms with Gasteiger partial charge in [-0.25, -0.2) is 0 Å². The van der Waals surface area contributed by atoms with Gasteiger partial charge in [-0.1, -0.05) is 78.2 Å². The predicted octanol–water partition coefficient (Wildman–Crippen LogP) is 6.33. The molecule has 0 aromatic carbocycles. The smallest absolute Gasteiger partial charge is 0.00773 e. The van der Waals surface area contributed by atoms with E-state index in [1.807, 2.05) is 13.8 Å². The Morgan fingerprint density at radius 3 is 1.37 bits per heavy atom. The molecule has 0 aliphatic heterocycles. The van der Waals surface area contributed by atoms with Crippen LogP contribution in [-0.2, 0) is 0 Å². The second-order valence-electron chi connectivity index (χ2n) is 6.20. The predicted molar refractivity (Wildman–Crippen MR) is 92.7 cm³/mol. The highest BCUT2D eigenvalue weighted by Gasteiger charge is 1.89. The Hall–Kier alpha value is -0.300. The van der Waals surface area contributed by atoms with Gasteiger partial charge in [0.25, 0.3) is 0 Å². The number of rotatable bonds is 8. The summed E-state index contributed by atoms with van der Waals surface area (Å²) in [5.74, 6) is 0.833. The van der Waals surface area contributed by atoms with Crippen molar-refractivity contribution >= 4 is 0 Å². The zero-order valence-corrected chi connectivity index (χ0v) is 14.7. The Balaban J connectivity index is -0.000000264. The van der Waals surface area contributed by atoms with Crippen molar-refractivity contribution in [2.45, 2.75) is 92.9 Å². The first kappa shape index (κ1) is 23.8. The molecule has 0 saturated heterocycles. The van der Waals surface area contributed by atoms with Gasteiger partial charge in [-0.15, -0.1) is 6.58 Å². The molecule has 0 spiro atoms. The summed E-state index contributed by atoms with van der Waals surface area (Å²) in [6.07, 6.45) is 11.0. The van der Waals surface area contributed by atoms with Crippen LogP contribution in [0, 0.1) is 5.92 Å². The van der Waals surface area contributed by atoms with E-state index in [-0.39, 0.29) is 0 Å². The molecule has 0 aliphatic rings. The van der Waals surface area contributed by atoms with Crippen molar-refractivity contribution in [1.82, 2.24) is 0 Å². The van der Waals surface area contributed by atoms with Gasteiger partial charge in [0.05, 0.1) is 0 Å². The van der Waals surface area contributed by atoms with Gasteiger partial charge in [0.2, 0.25) is 0 Å². The zero-order valence-electron chi connectivity index (χ0n) is 14.7. The topological polar surface area (TPSA) is 26.0 Å². The second kappa shape index (κ2) is 22.8. The van der Waals surface area contributed by atoms with E-state index in [1.165, 1.54) is 56.9 Å². The lowest BCUT2D eigenvalue weighted by molar-refractivity contribution is 0.578. The van der Waals surface area contributed by atoms with Crippen LogP contribution in [0.15, 0.2) is 12.2 Å². The van der Waals surface area contributed by atoms with Gasteiger partial charge in [0, 0.05) is 0 Å². The minimum atomic E-state index is 0.833. The van der Waals surface area contributed by atoms with E-state index in [9.17, 15) is 0 Å². The SMILES string of the molecule is C=C(C)C.CC(C)C.CCCCCCCCCCN. The summed E-state index contributed by atoms with van der Waals surface area (Å²) in [5.41, 5.74) is 6.56. The highest BCUT2D eigenvalue weighted by molar-refractivity contribution is 4.78. The van der Waals surface area contributed by atoms with Crippen molar-refractivity contribution in [3.63, 3.8) is 0 Å². The molecule has 0 rings (SSSR count). The third-order valence-corrected chi connectivity index (χ3v) is 2.06. The van der Waals surface area contributed by atoms with E-state index in [1.54, 1.807) is 0 Å². The molecule has 19 heavy (non-hydrogen) atoms. The molecule has 0 saturated carbocycles. The molecule has 0 fully saturated rings. The van der Waals surface area contributed by atoms with Gasteiger partial charge in [0.15, 0.2) is 0 Å². The van der Waals surface area contributed by atoms with Gasteiger partial charge < -0.3 is 5.73 Å². The fourth-order valence-electron chi connectivity index (χ4n) is 1.28. The summed E-state index contributed by atoms with van der Waals surface area (Å²) in [4.78, 5) is 0. The van der Waals surface area contributed by atoms with Crippen LogP contribution < -0.4 is 5.73 Å². The Kier molecular flexibility index (Phi) is 28.6. The third-order valence-electron chi connectivity index (χ3n) is 2.06. The van der Waals surface area contributed by atoms with Crippen LogP contribution in [0.4, 0.5) is 0 Å². The first-order chi connectivity index (χ1) is 8.88. The molecular formula is C18H41N. The average Bonchev–Trinajstić information content (AvgIpc) is 2.26. The summed E-state index contributed by atoms with van der Waals surface area (Å²) in [6, 6.07) is 0. The normalized spacial score (nSPS) is 9.26. The highest BCUT2D eigenvalue weighted by Crippen LogP contribution is 2.07. The van der Waals surface area contributed by atoms with E-state index in [0.29, 0.717) is 0 Å². The number of hydrogen-bond acceptors (Lipinski definition) is 1. The molecule has 0 aromatic rings. The van der Waals surface area contributed by atoms with Crippen LogP contribution >= 0.6 is 0 Å². The minimum Gasteiger partial charge on any atom is -0.330 e. The molecule has 118 valence electrons. The summed E-state index contributed by atoms with van der Waals surface area (Å²) < 4.78 is 0. The van der Waals surface area contributed by atoms with Crippen LogP contribution in [0.25, 0.3) is 0 Å². The Morgan fingerprint density at radius 1 is 0.842 bits per heavy atom. The molecule has 2 N–H and O–H groups in total. The van der Waals surface area contributed by atoms with Crippen LogP contribution in [0.2, 0.25) is 0 Å². The maximum atomic E-state index is 5.39. The van der Waals surface area contributed by atoms with Gasteiger partial charge >= 0.3 is 0 Å². The molecule has 0 aromatic heterocycles. The van der Waals surface area contributed by atoms with E-state index >= 15 is 0 Å². The van der Waals surface area contributed by atoms with E-state index in [4.69, 9.17) is 5.73 Å². The van der Waals surface area contributed by atoms with E-state index in [0.717, 1.165) is 12.5 Å². The van der Waals surface area contributed by atoms with Crippen LogP contribution in [0.5, 0.6) is 0 Å². The lowest BCUT2D eigenvalue weighted by atomic mass is 10.1. The molecule has 1 heteroatoms. The minimum absolute atomic E-state index is 0.833. The van der Waals surface area contributed by atoms with Crippen molar-refractivity contribution in [3.8, 4) is 0 Å². The van der Waals surface area contributed by atoms with Crippen molar-refractivity contribution in [1.29, 1.82) is 0 Å². The number of unbranched alkanes of at least 4 members (excludes halogenated alkanes) is 7. The lowest BCUT2D eigenvalue weighted by Crippen LogP contribution is -1.97. The van der Waals surface area contributed by atoms with Gasteiger partial charge in [-0.2, -0.15) is 0 Å². The Morgan fingerprint density at radius 2 is 1.11 bits per heavy atom. The Bertz CT molecular complexity index is 135. The maximum absolute atomic E-state index is 5.39. The molecular weight excluding hydrogens is 230 g/mol. The first-order valence-corrected chi connectivity index (χ1v) is 8.20. The zero-order chi connectivity index (χ0) is 15.5. The van der Waals surface area contributed by atoms with Gasteiger partial charge in [-0.05, 0) is 32.7 Å². The fraction of sp³-hybridized carbons (Fsp3) is 0.889. The number of allylic oxidation sites excluding steroid dienone is 1. The standard InChI is InChI=1S/C10H23N.C4H10.C4H8/c1-2-3-4-5-6-7-8-9-10-11;2*1-4(2)3/h2-11H2,1H3;4H,1-3H3;1H2,2-3H3. The van der Waals surface area contributed by atoms with Crippen LogP contribution in [-0.4, -0.2) is 6.54 Å². The molecule has 0 aliphatic carbocycles. The monoisotopic (exact) mass is 271 g/mol. The van der Waals surface area contributed by atoms with E-state index in [2.05, 4.69) is 34.3 Å². The molecule has 0 atom stereocenters. The van der Waals surface area contributed by atoms with Crippen LogP contribution in [0.3, 0.4) is 0 Å². The second-order valence-corrected chi connectivity index (χ2v) is 6.20. The number of hydrogen-bond donors (Lipinski definition) is 1. The number of nitrogens with two attached hydrogens (primary N) is 1. The summed E-state index contributed by atoms with van der Waals surface area (Å²) >= 11 is 0.